The lowest BCUT2D eigenvalue weighted by Gasteiger charge is -2.34. The second kappa shape index (κ2) is 6.85. The van der Waals surface area contributed by atoms with Crippen molar-refractivity contribution in [2.75, 3.05) is 19.8 Å². The molecular formula is C18H19F3N4O3. The summed E-state index contributed by atoms with van der Waals surface area (Å²) in [6.07, 6.45) is -4.66. The van der Waals surface area contributed by atoms with Gasteiger partial charge >= 0.3 is 6.18 Å². The molecule has 1 aliphatic rings. The molecule has 0 bridgehead atoms. The number of fused-ring (bicyclic) bond motifs is 3. The van der Waals surface area contributed by atoms with Crippen LogP contribution in [-0.2, 0) is 15.7 Å². The average molecular weight is 396 g/mol. The minimum absolute atomic E-state index is 0.0159. The Hall–Kier alpha value is -2.46. The fourth-order valence-corrected chi connectivity index (χ4v) is 2.98. The van der Waals surface area contributed by atoms with Gasteiger partial charge in [0.05, 0.1) is 30.9 Å². The summed E-state index contributed by atoms with van der Waals surface area (Å²) < 4.78 is 57.9. The maximum absolute atomic E-state index is 13.4. The van der Waals surface area contributed by atoms with Gasteiger partial charge in [-0.15, -0.1) is 10.2 Å². The largest absolute Gasteiger partial charge is 0.475 e. The summed E-state index contributed by atoms with van der Waals surface area (Å²) in [5.74, 6) is -1.13. The van der Waals surface area contributed by atoms with Gasteiger partial charge in [-0.3, -0.25) is 4.40 Å². The molecule has 10 heteroatoms. The number of benzene rings is 1. The first kappa shape index (κ1) is 18.9. The molecule has 0 amide bonds. The molecule has 2 aromatic heterocycles. The Balaban J connectivity index is 1.59. The molecule has 3 aromatic rings. The van der Waals surface area contributed by atoms with Gasteiger partial charge in [-0.2, -0.15) is 13.2 Å². The summed E-state index contributed by atoms with van der Waals surface area (Å²) in [5, 5.41) is 6.97. The van der Waals surface area contributed by atoms with Gasteiger partial charge in [0.2, 0.25) is 11.5 Å². The zero-order valence-electron chi connectivity index (χ0n) is 15.4. The number of rotatable bonds is 4. The van der Waals surface area contributed by atoms with Crippen LogP contribution >= 0.6 is 0 Å². The lowest BCUT2D eigenvalue weighted by Crippen LogP contribution is -2.38. The van der Waals surface area contributed by atoms with Gasteiger partial charge < -0.3 is 14.2 Å². The minimum atomic E-state index is -4.66. The molecular weight excluding hydrogens is 377 g/mol. The summed E-state index contributed by atoms with van der Waals surface area (Å²) in [7, 11) is 0. The predicted molar refractivity (Wildman–Crippen MR) is 92.9 cm³/mol. The van der Waals surface area contributed by atoms with Crippen LogP contribution in [0.5, 0.6) is 5.88 Å². The van der Waals surface area contributed by atoms with Crippen LogP contribution in [0.1, 0.15) is 26.1 Å². The smallest absolute Gasteiger partial charge is 0.452 e. The first-order valence-electron chi connectivity index (χ1n) is 8.82. The molecule has 3 heterocycles. The highest BCUT2D eigenvalue weighted by Crippen LogP contribution is 2.32. The van der Waals surface area contributed by atoms with Crippen molar-refractivity contribution < 1.29 is 27.4 Å². The van der Waals surface area contributed by atoms with Crippen LogP contribution < -0.4 is 4.74 Å². The monoisotopic (exact) mass is 396 g/mol. The van der Waals surface area contributed by atoms with Crippen LogP contribution in [-0.4, -0.2) is 45.7 Å². The first-order chi connectivity index (χ1) is 13.2. The van der Waals surface area contributed by atoms with E-state index >= 15 is 0 Å². The van der Waals surface area contributed by atoms with E-state index in [0.29, 0.717) is 25.2 Å². The van der Waals surface area contributed by atoms with Gasteiger partial charge in [-0.05, 0) is 12.1 Å². The zero-order chi connectivity index (χ0) is 19.9. The lowest BCUT2D eigenvalue weighted by atomic mass is 9.95. The third-order valence-corrected chi connectivity index (χ3v) is 4.36. The average Bonchev–Trinajstić information content (AvgIpc) is 3.09. The Bertz CT molecular complexity index is 993. The number of halogens is 3. The van der Waals surface area contributed by atoms with E-state index in [-0.39, 0.29) is 29.1 Å². The molecule has 0 N–H and O–H groups in total. The van der Waals surface area contributed by atoms with Crippen molar-refractivity contribution in [1.82, 2.24) is 19.6 Å². The van der Waals surface area contributed by atoms with E-state index in [2.05, 4.69) is 15.2 Å². The van der Waals surface area contributed by atoms with Crippen molar-refractivity contribution in [1.29, 1.82) is 0 Å². The molecule has 4 rings (SSSR count). The summed E-state index contributed by atoms with van der Waals surface area (Å²) >= 11 is 0. The van der Waals surface area contributed by atoms with Gasteiger partial charge in [-0.1, -0.05) is 26.0 Å². The first-order valence-corrected chi connectivity index (χ1v) is 8.82. The number of hydrogen-bond acceptors (Lipinski definition) is 6. The van der Waals surface area contributed by atoms with E-state index in [0.717, 1.165) is 4.40 Å². The second-order valence-electron chi connectivity index (χ2n) is 7.44. The van der Waals surface area contributed by atoms with Crippen molar-refractivity contribution in [2.24, 2.45) is 5.41 Å². The molecule has 28 heavy (non-hydrogen) atoms. The van der Waals surface area contributed by atoms with Gasteiger partial charge in [0, 0.05) is 11.8 Å². The topological polar surface area (TPSA) is 70.8 Å². The maximum Gasteiger partial charge on any atom is 0.452 e. The number of aromatic nitrogens is 4. The predicted octanol–water partition coefficient (Wildman–Crippen LogP) is 3.46. The zero-order valence-corrected chi connectivity index (χ0v) is 15.4. The maximum atomic E-state index is 13.4. The summed E-state index contributed by atoms with van der Waals surface area (Å²) in [5.41, 5.74) is 0.474. The van der Waals surface area contributed by atoms with Crippen LogP contribution in [0.25, 0.3) is 16.7 Å². The minimum Gasteiger partial charge on any atom is -0.475 e. The molecule has 150 valence electrons. The summed E-state index contributed by atoms with van der Waals surface area (Å²) in [6, 6.07) is 6.46. The van der Waals surface area contributed by atoms with E-state index < -0.39 is 18.3 Å². The molecule has 0 saturated carbocycles. The van der Waals surface area contributed by atoms with Crippen molar-refractivity contribution in [3.8, 4) is 5.88 Å². The van der Waals surface area contributed by atoms with E-state index in [9.17, 15) is 13.2 Å². The molecule has 1 aromatic carbocycles. The quantitative estimate of drug-likeness (QED) is 0.673. The number of nitrogens with zero attached hydrogens (tertiary/aromatic N) is 4. The molecule has 1 saturated heterocycles. The normalized spacial score (nSPS) is 18.0. The molecule has 1 fully saturated rings. The van der Waals surface area contributed by atoms with E-state index in [1.807, 2.05) is 13.8 Å². The molecule has 1 aliphatic heterocycles. The van der Waals surface area contributed by atoms with E-state index in [4.69, 9.17) is 14.2 Å². The van der Waals surface area contributed by atoms with Gasteiger partial charge in [0.15, 0.2) is 6.29 Å². The Kier molecular flexibility index (Phi) is 4.62. The van der Waals surface area contributed by atoms with Gasteiger partial charge in [-0.25, -0.2) is 4.98 Å². The lowest BCUT2D eigenvalue weighted by molar-refractivity contribution is -0.225. The molecule has 0 radical (unpaired) electrons. The van der Waals surface area contributed by atoms with Crippen molar-refractivity contribution >= 4 is 16.7 Å². The van der Waals surface area contributed by atoms with Crippen LogP contribution in [0.3, 0.4) is 0 Å². The van der Waals surface area contributed by atoms with Crippen molar-refractivity contribution in [3.05, 3.63) is 30.1 Å². The van der Waals surface area contributed by atoms with Gasteiger partial charge in [0.25, 0.3) is 5.88 Å². The highest BCUT2D eigenvalue weighted by atomic mass is 19.4. The Morgan fingerprint density at radius 3 is 2.61 bits per heavy atom. The number of alkyl halides is 3. The molecule has 0 atom stereocenters. The molecule has 0 spiro atoms. The molecule has 0 unspecified atom stereocenters. The number of para-hydroxylation sites is 2. The van der Waals surface area contributed by atoms with Crippen LogP contribution in [0.15, 0.2) is 24.3 Å². The van der Waals surface area contributed by atoms with Crippen LogP contribution in [0.4, 0.5) is 13.2 Å². The van der Waals surface area contributed by atoms with Crippen LogP contribution in [0.2, 0.25) is 0 Å². The third-order valence-electron chi connectivity index (χ3n) is 4.36. The van der Waals surface area contributed by atoms with Crippen LogP contribution in [0, 0.1) is 5.41 Å². The summed E-state index contributed by atoms with van der Waals surface area (Å²) in [4.78, 5) is 4.31. The summed E-state index contributed by atoms with van der Waals surface area (Å²) in [6.45, 7) is 5.36. The second-order valence-corrected chi connectivity index (χ2v) is 7.44. The Morgan fingerprint density at radius 2 is 1.89 bits per heavy atom. The van der Waals surface area contributed by atoms with Crippen molar-refractivity contribution in [3.63, 3.8) is 0 Å². The van der Waals surface area contributed by atoms with E-state index in [1.54, 1.807) is 18.2 Å². The Labute approximate surface area is 158 Å². The number of ether oxygens (including phenoxy) is 3. The Morgan fingerprint density at radius 1 is 1.18 bits per heavy atom. The number of hydrogen-bond donors (Lipinski definition) is 0. The highest BCUT2D eigenvalue weighted by Gasteiger charge is 2.38. The van der Waals surface area contributed by atoms with Gasteiger partial charge in [0.1, 0.15) is 0 Å². The standard InChI is InChI=1S/C18H19F3N4O3/c1-17(2)9-27-13(28-10-17)7-8-26-15-14-23-24-16(18(19,20)21)25(14)12-6-4-3-5-11(12)22-15/h3-6,13H,7-10H2,1-2H3. The fourth-order valence-electron chi connectivity index (χ4n) is 2.98. The fraction of sp³-hybridized carbons (Fsp3) is 0.500. The molecule has 0 aliphatic carbocycles. The van der Waals surface area contributed by atoms with E-state index in [1.165, 1.54) is 6.07 Å². The molecule has 7 nitrogen and oxygen atoms in total. The van der Waals surface area contributed by atoms with Crippen molar-refractivity contribution in [2.45, 2.75) is 32.7 Å². The highest BCUT2D eigenvalue weighted by molar-refractivity contribution is 5.79. The third kappa shape index (κ3) is 3.61. The SMILES string of the molecule is CC1(C)COC(CCOc2nc3ccccc3n3c(C(F)(F)F)nnc23)OC1.